The highest BCUT2D eigenvalue weighted by Gasteiger charge is 2.19. The Bertz CT molecular complexity index is 676. The van der Waals surface area contributed by atoms with Gasteiger partial charge >= 0.3 is 0 Å². The van der Waals surface area contributed by atoms with Crippen molar-refractivity contribution in [1.29, 1.82) is 0 Å². The molecule has 0 aliphatic heterocycles. The Morgan fingerprint density at radius 1 is 1.43 bits per heavy atom. The van der Waals surface area contributed by atoms with E-state index in [1.54, 1.807) is 18.2 Å². The van der Waals surface area contributed by atoms with Gasteiger partial charge in [-0.05, 0) is 23.8 Å². The molecule has 0 saturated carbocycles. The van der Waals surface area contributed by atoms with Crippen molar-refractivity contribution < 1.29 is 28.5 Å². The summed E-state index contributed by atoms with van der Waals surface area (Å²) < 4.78 is 15.4. The lowest BCUT2D eigenvalue weighted by Crippen LogP contribution is -2.43. The molecule has 2 aromatic rings. The van der Waals surface area contributed by atoms with Crippen molar-refractivity contribution in [2.45, 2.75) is 6.42 Å². The van der Waals surface area contributed by atoms with Gasteiger partial charge in [-0.2, -0.15) is 0 Å². The third-order valence-electron chi connectivity index (χ3n) is 3.31. The molecular formula is C13H19N2O5P. The van der Waals surface area contributed by atoms with Crippen molar-refractivity contribution in [2.24, 2.45) is 0 Å². The van der Waals surface area contributed by atoms with Crippen molar-refractivity contribution in [2.75, 3.05) is 27.4 Å². The fourth-order valence-electron chi connectivity index (χ4n) is 2.09. The van der Waals surface area contributed by atoms with Crippen LogP contribution in [-0.4, -0.2) is 46.8 Å². The van der Waals surface area contributed by atoms with Crippen LogP contribution in [0.4, 0.5) is 0 Å². The van der Waals surface area contributed by atoms with E-state index >= 15 is 0 Å². The Morgan fingerprint density at radius 3 is 2.81 bits per heavy atom. The molecule has 1 aromatic heterocycles. The molecule has 116 valence electrons. The summed E-state index contributed by atoms with van der Waals surface area (Å²) in [7, 11) is -1.08. The number of aromatic nitrogens is 1. The molecule has 3 N–H and O–H groups in total. The smallest absolute Gasteiger partial charge is 0.269 e. The number of aromatic amines is 1. The largest absolute Gasteiger partial charge is 0.756 e. The first-order valence-corrected chi connectivity index (χ1v) is 7.95. The maximum absolute atomic E-state index is 10.6. The monoisotopic (exact) mass is 314 g/mol. The third-order valence-corrected chi connectivity index (χ3v) is 3.75. The zero-order valence-electron chi connectivity index (χ0n) is 11.9. The number of nitrogens with zero attached hydrogens (tertiary/aromatic N) is 1. The fraction of sp³-hybridized carbons (Fsp3) is 0.385. The van der Waals surface area contributed by atoms with Crippen LogP contribution in [0.25, 0.3) is 10.9 Å². The van der Waals surface area contributed by atoms with Crippen molar-refractivity contribution in [3.8, 4) is 5.75 Å². The molecule has 7 nitrogen and oxygen atoms in total. The Morgan fingerprint density at radius 2 is 2.14 bits per heavy atom. The van der Waals surface area contributed by atoms with Gasteiger partial charge in [0.1, 0.15) is 5.75 Å². The molecule has 1 aromatic carbocycles. The third kappa shape index (κ3) is 4.56. The number of quaternary nitrogens is 1. The molecule has 8 heteroatoms. The first-order chi connectivity index (χ1) is 9.66. The van der Waals surface area contributed by atoms with Crippen LogP contribution in [0.2, 0.25) is 0 Å². The van der Waals surface area contributed by atoms with Crippen molar-refractivity contribution in [1.82, 2.24) is 4.98 Å². The number of phenolic OH excluding ortho intramolecular Hbond substituents is 1. The lowest BCUT2D eigenvalue weighted by atomic mass is 10.1. The van der Waals surface area contributed by atoms with Gasteiger partial charge in [-0.1, -0.05) is 0 Å². The van der Waals surface area contributed by atoms with Gasteiger partial charge in [-0.3, -0.25) is 9.09 Å². The molecule has 0 amide bonds. The van der Waals surface area contributed by atoms with Crippen LogP contribution in [0.15, 0.2) is 24.4 Å². The van der Waals surface area contributed by atoms with Crippen LogP contribution in [-0.2, 0) is 15.5 Å². The second kappa shape index (κ2) is 5.79. The van der Waals surface area contributed by atoms with E-state index in [0.29, 0.717) is 13.0 Å². The van der Waals surface area contributed by atoms with E-state index in [1.807, 2.05) is 20.3 Å². The first kappa shape index (κ1) is 16.0. The fourth-order valence-corrected chi connectivity index (χ4v) is 2.55. The zero-order chi connectivity index (χ0) is 15.7. The average Bonchev–Trinajstić information content (AvgIpc) is 2.76. The minimum Gasteiger partial charge on any atom is -0.756 e. The normalized spacial score (nSPS) is 15.2. The van der Waals surface area contributed by atoms with Crippen LogP contribution in [0, 0.1) is 0 Å². The van der Waals surface area contributed by atoms with Gasteiger partial charge in [0.2, 0.25) is 0 Å². The van der Waals surface area contributed by atoms with Gasteiger partial charge in [-0.15, -0.1) is 0 Å². The summed E-state index contributed by atoms with van der Waals surface area (Å²) >= 11 is 0. The molecule has 1 unspecified atom stereocenters. The molecule has 0 radical (unpaired) electrons. The highest BCUT2D eigenvalue weighted by atomic mass is 31.2. The highest BCUT2D eigenvalue weighted by molar-refractivity contribution is 7.44. The number of rotatable bonds is 6. The van der Waals surface area contributed by atoms with Gasteiger partial charge in [-0.25, -0.2) is 0 Å². The summed E-state index contributed by atoms with van der Waals surface area (Å²) in [5.74, 6) is 0.202. The lowest BCUT2D eigenvalue weighted by Gasteiger charge is -2.30. The Balaban J connectivity index is 2.04. The van der Waals surface area contributed by atoms with E-state index < -0.39 is 7.82 Å². The van der Waals surface area contributed by atoms with Gasteiger partial charge in [0.05, 0.1) is 20.6 Å². The summed E-state index contributed by atoms with van der Waals surface area (Å²) in [5.41, 5.74) is 1.96. The summed E-state index contributed by atoms with van der Waals surface area (Å²) in [6, 6.07) is 5.11. The predicted molar refractivity (Wildman–Crippen MR) is 76.4 cm³/mol. The molecule has 21 heavy (non-hydrogen) atoms. The number of phosphoric acid groups is 1. The summed E-state index contributed by atoms with van der Waals surface area (Å²) in [6.45, 7) is 0.480. The molecule has 0 aliphatic rings. The second-order valence-electron chi connectivity index (χ2n) is 5.68. The van der Waals surface area contributed by atoms with Crippen molar-refractivity contribution >= 4 is 18.7 Å². The number of H-pyrrole nitrogens is 1. The SMILES string of the molecule is C[N+](C)(CCc1c[nH]c2ccc(O)cc12)COP(=O)([O-])O. The second-order valence-corrected chi connectivity index (χ2v) is 6.88. The molecule has 1 heterocycles. The van der Waals surface area contributed by atoms with Crippen LogP contribution in [0.3, 0.4) is 0 Å². The molecule has 0 aliphatic carbocycles. The molecule has 2 rings (SSSR count). The van der Waals surface area contributed by atoms with E-state index in [0.717, 1.165) is 16.5 Å². The average molecular weight is 314 g/mol. The summed E-state index contributed by atoms with van der Waals surface area (Å²) in [6.07, 6.45) is 2.55. The Kier molecular flexibility index (Phi) is 4.41. The number of hydrogen-bond acceptors (Lipinski definition) is 4. The van der Waals surface area contributed by atoms with Crippen molar-refractivity contribution in [3.63, 3.8) is 0 Å². The number of phenols is 1. The summed E-state index contributed by atoms with van der Waals surface area (Å²) in [4.78, 5) is 22.4. The first-order valence-electron chi connectivity index (χ1n) is 6.46. The predicted octanol–water partition coefficient (Wildman–Crippen LogP) is 0.927. The highest BCUT2D eigenvalue weighted by Crippen LogP contribution is 2.31. The van der Waals surface area contributed by atoms with Crippen LogP contribution >= 0.6 is 7.82 Å². The van der Waals surface area contributed by atoms with Crippen molar-refractivity contribution in [3.05, 3.63) is 30.0 Å². The van der Waals surface area contributed by atoms with E-state index in [2.05, 4.69) is 9.51 Å². The zero-order valence-corrected chi connectivity index (χ0v) is 12.8. The van der Waals surface area contributed by atoms with Crippen LogP contribution < -0.4 is 4.89 Å². The Hall–Kier alpha value is -1.37. The quantitative estimate of drug-likeness (QED) is 0.418. The van der Waals surface area contributed by atoms with Crippen LogP contribution in [0.5, 0.6) is 5.75 Å². The van der Waals surface area contributed by atoms with Gasteiger partial charge < -0.3 is 24.4 Å². The topological polar surface area (TPSA) is 106 Å². The molecule has 0 saturated heterocycles. The van der Waals surface area contributed by atoms with Crippen LogP contribution in [0.1, 0.15) is 5.56 Å². The number of hydrogen-bond donors (Lipinski definition) is 3. The van der Waals surface area contributed by atoms with Gasteiger partial charge in [0.15, 0.2) is 6.73 Å². The number of phosphoric ester groups is 1. The maximum Gasteiger partial charge on any atom is 0.269 e. The number of fused-ring (bicyclic) bond motifs is 1. The maximum atomic E-state index is 10.6. The molecule has 0 bridgehead atoms. The molecule has 0 fully saturated rings. The Labute approximate surface area is 122 Å². The van der Waals surface area contributed by atoms with E-state index in [9.17, 15) is 14.6 Å². The number of likely N-dealkylation sites (N-methyl/N-ethyl adjacent to an activating group) is 1. The number of benzene rings is 1. The lowest BCUT2D eigenvalue weighted by molar-refractivity contribution is -0.906. The van der Waals surface area contributed by atoms with Gasteiger partial charge in [0, 0.05) is 23.5 Å². The number of aromatic hydroxyl groups is 1. The van der Waals surface area contributed by atoms with E-state index in [-0.39, 0.29) is 17.0 Å². The number of nitrogens with one attached hydrogen (secondary N) is 1. The molecule has 0 spiro atoms. The minimum atomic E-state index is -4.70. The molecular weight excluding hydrogens is 295 g/mol. The minimum absolute atomic E-state index is 0.134. The van der Waals surface area contributed by atoms with E-state index in [1.165, 1.54) is 0 Å². The molecule has 1 atom stereocenters. The van der Waals surface area contributed by atoms with Gasteiger partial charge in [0.25, 0.3) is 7.82 Å². The summed E-state index contributed by atoms with van der Waals surface area (Å²) in [5, 5.41) is 10.5. The van der Waals surface area contributed by atoms with E-state index in [4.69, 9.17) is 4.89 Å². The standard InChI is InChI=1S/C13H19N2O5P/c1-15(2,9-20-21(17,18)19)6-5-10-8-14-13-4-3-11(16)7-12(10)13/h3-4,7-8,14H,5-6,9H2,1-2H3,(H2-,16,17,18,19).